The van der Waals surface area contributed by atoms with E-state index in [1.54, 1.807) is 4.90 Å². The number of benzene rings is 1. The molecule has 0 radical (unpaired) electrons. The Balaban J connectivity index is 2.39. The van der Waals surface area contributed by atoms with E-state index in [1.165, 1.54) is 11.1 Å². The summed E-state index contributed by atoms with van der Waals surface area (Å²) in [6, 6.07) is 5.82. The van der Waals surface area contributed by atoms with Crippen molar-refractivity contribution in [2.24, 2.45) is 16.6 Å². The second kappa shape index (κ2) is 5.03. The molecule has 102 valence electrons. The van der Waals surface area contributed by atoms with E-state index in [-0.39, 0.29) is 12.1 Å². The maximum Gasteiger partial charge on any atom is 0.346 e. The highest BCUT2D eigenvalue weighted by Crippen LogP contribution is 2.29. The molecule has 1 heterocycles. The highest BCUT2D eigenvalue weighted by Gasteiger charge is 2.34. The molecule has 1 aliphatic rings. The van der Waals surface area contributed by atoms with E-state index in [0.29, 0.717) is 18.3 Å². The minimum atomic E-state index is -0.227. The van der Waals surface area contributed by atoms with Gasteiger partial charge in [-0.2, -0.15) is 4.99 Å². The molecule has 1 atom stereocenters. The number of hydrogen-bond donors (Lipinski definition) is 1. The summed E-state index contributed by atoms with van der Waals surface area (Å²) in [7, 11) is 0. The summed E-state index contributed by atoms with van der Waals surface area (Å²) < 4.78 is 0. The minimum absolute atomic E-state index is 0.214. The number of nitrogens with zero attached hydrogens (tertiary/aromatic N) is 2. The summed E-state index contributed by atoms with van der Waals surface area (Å²) in [5.74, 6) is 0.786. The van der Waals surface area contributed by atoms with Crippen LogP contribution in [0.4, 0.5) is 4.79 Å². The Morgan fingerprint density at radius 3 is 2.37 bits per heavy atom. The van der Waals surface area contributed by atoms with Gasteiger partial charge in [-0.3, -0.25) is 0 Å². The van der Waals surface area contributed by atoms with Crippen LogP contribution in [0.3, 0.4) is 0 Å². The van der Waals surface area contributed by atoms with Gasteiger partial charge >= 0.3 is 6.03 Å². The number of urea groups is 1. The number of nitrogens with two attached hydrogens (primary N) is 1. The van der Waals surface area contributed by atoms with Crippen molar-refractivity contribution in [3.05, 3.63) is 34.9 Å². The van der Waals surface area contributed by atoms with Gasteiger partial charge < -0.3 is 10.6 Å². The molecule has 19 heavy (non-hydrogen) atoms. The number of rotatable bonds is 3. The number of aliphatic imine (C=N–C) groups is 1. The third kappa shape index (κ3) is 2.78. The Labute approximate surface area is 114 Å². The maximum absolute atomic E-state index is 11.9. The minimum Gasteiger partial charge on any atom is -0.385 e. The molecule has 1 aromatic rings. The topological polar surface area (TPSA) is 58.7 Å². The molecule has 0 aromatic heterocycles. The van der Waals surface area contributed by atoms with Gasteiger partial charge in [-0.1, -0.05) is 43.2 Å². The summed E-state index contributed by atoms with van der Waals surface area (Å²) in [5.41, 5.74) is 9.35. The van der Waals surface area contributed by atoms with Gasteiger partial charge in [-0.05, 0) is 25.3 Å². The molecule has 2 rings (SSSR count). The van der Waals surface area contributed by atoms with Crippen LogP contribution in [0.2, 0.25) is 0 Å². The Morgan fingerprint density at radius 2 is 1.84 bits per heavy atom. The molecule has 0 spiro atoms. The SMILES string of the molecule is Cc1cc(C)cc(C2C(N)=NC(=O)N2CC(C)C)c1. The first-order valence-electron chi connectivity index (χ1n) is 6.61. The van der Waals surface area contributed by atoms with Crippen molar-refractivity contribution in [2.45, 2.75) is 33.7 Å². The third-order valence-corrected chi connectivity index (χ3v) is 3.18. The van der Waals surface area contributed by atoms with Crippen molar-refractivity contribution in [3.8, 4) is 0 Å². The zero-order valence-corrected chi connectivity index (χ0v) is 12.0. The summed E-state index contributed by atoms with van der Waals surface area (Å²) in [6.45, 7) is 8.93. The molecule has 4 nitrogen and oxygen atoms in total. The lowest BCUT2D eigenvalue weighted by molar-refractivity contribution is 0.199. The Morgan fingerprint density at radius 1 is 1.26 bits per heavy atom. The van der Waals surface area contributed by atoms with Gasteiger partial charge in [-0.15, -0.1) is 0 Å². The van der Waals surface area contributed by atoms with Crippen LogP contribution in [-0.4, -0.2) is 23.3 Å². The molecule has 1 aliphatic heterocycles. The van der Waals surface area contributed by atoms with Crippen LogP contribution in [-0.2, 0) is 0 Å². The number of carbonyl (C=O) groups is 1. The fraction of sp³-hybridized carbons (Fsp3) is 0.467. The summed E-state index contributed by atoms with van der Waals surface area (Å²) in [6.07, 6.45) is 0. The Kier molecular flexibility index (Phi) is 3.60. The standard InChI is InChI=1S/C15H21N3O/c1-9(2)8-18-13(14(16)17-15(18)19)12-6-10(3)5-11(4)7-12/h5-7,9,13H,8H2,1-4H3,(H2,16,17,19). The molecular weight excluding hydrogens is 238 g/mol. The van der Waals surface area contributed by atoms with Crippen molar-refractivity contribution in [1.82, 2.24) is 4.90 Å². The maximum atomic E-state index is 11.9. The van der Waals surface area contributed by atoms with E-state index >= 15 is 0 Å². The van der Waals surface area contributed by atoms with Crippen LogP contribution in [0.1, 0.15) is 36.6 Å². The lowest BCUT2D eigenvalue weighted by atomic mass is 9.99. The van der Waals surface area contributed by atoms with Crippen LogP contribution < -0.4 is 5.73 Å². The predicted molar refractivity (Wildman–Crippen MR) is 77.2 cm³/mol. The van der Waals surface area contributed by atoms with E-state index in [1.807, 2.05) is 13.8 Å². The van der Waals surface area contributed by atoms with Crippen LogP contribution in [0.25, 0.3) is 0 Å². The summed E-state index contributed by atoms with van der Waals surface area (Å²) in [5, 5.41) is 0. The van der Waals surface area contributed by atoms with E-state index in [2.05, 4.69) is 37.0 Å². The van der Waals surface area contributed by atoms with E-state index in [4.69, 9.17) is 5.73 Å². The highest BCUT2D eigenvalue weighted by atomic mass is 16.2. The average Bonchev–Trinajstić information content (AvgIpc) is 2.51. The summed E-state index contributed by atoms with van der Waals surface area (Å²) >= 11 is 0. The van der Waals surface area contributed by atoms with Gasteiger partial charge in [0.2, 0.25) is 0 Å². The first kappa shape index (κ1) is 13.6. The molecule has 1 unspecified atom stereocenters. The van der Waals surface area contributed by atoms with Crippen LogP contribution in [0.15, 0.2) is 23.2 Å². The zero-order chi connectivity index (χ0) is 14.2. The lowest BCUT2D eigenvalue weighted by Crippen LogP contribution is -2.35. The van der Waals surface area contributed by atoms with Crippen molar-refractivity contribution >= 4 is 11.9 Å². The van der Waals surface area contributed by atoms with Gasteiger partial charge in [-0.25, -0.2) is 4.79 Å². The number of aryl methyl sites for hydroxylation is 2. The number of amides is 2. The third-order valence-electron chi connectivity index (χ3n) is 3.18. The zero-order valence-electron chi connectivity index (χ0n) is 12.0. The smallest absolute Gasteiger partial charge is 0.346 e. The fourth-order valence-corrected chi connectivity index (χ4v) is 2.60. The molecule has 0 saturated carbocycles. The van der Waals surface area contributed by atoms with E-state index in [0.717, 1.165) is 5.56 Å². The Hall–Kier alpha value is -1.84. The first-order chi connectivity index (χ1) is 8.88. The molecule has 2 amide bonds. The molecule has 0 fully saturated rings. The largest absolute Gasteiger partial charge is 0.385 e. The van der Waals surface area contributed by atoms with Gasteiger partial charge in [0.25, 0.3) is 0 Å². The van der Waals surface area contributed by atoms with E-state index in [9.17, 15) is 4.79 Å². The summed E-state index contributed by atoms with van der Waals surface area (Å²) in [4.78, 5) is 17.6. The van der Waals surface area contributed by atoms with Crippen LogP contribution >= 0.6 is 0 Å². The molecule has 0 saturated heterocycles. The van der Waals surface area contributed by atoms with Crippen LogP contribution in [0, 0.1) is 19.8 Å². The van der Waals surface area contributed by atoms with Gasteiger partial charge in [0.05, 0.1) is 0 Å². The molecule has 0 aliphatic carbocycles. The second-order valence-corrected chi connectivity index (χ2v) is 5.69. The molecular formula is C15H21N3O. The predicted octanol–water partition coefficient (Wildman–Crippen LogP) is 2.79. The molecule has 1 aromatic carbocycles. The first-order valence-corrected chi connectivity index (χ1v) is 6.61. The van der Waals surface area contributed by atoms with Gasteiger partial charge in [0.15, 0.2) is 0 Å². The number of amidine groups is 1. The molecule has 4 heteroatoms. The lowest BCUT2D eigenvalue weighted by Gasteiger charge is -2.26. The van der Waals surface area contributed by atoms with Crippen molar-refractivity contribution < 1.29 is 4.79 Å². The normalized spacial score (nSPS) is 19.2. The van der Waals surface area contributed by atoms with E-state index < -0.39 is 0 Å². The fourth-order valence-electron chi connectivity index (χ4n) is 2.60. The van der Waals surface area contributed by atoms with Crippen molar-refractivity contribution in [2.75, 3.05) is 6.54 Å². The average molecular weight is 259 g/mol. The number of hydrogen-bond acceptors (Lipinski definition) is 2. The second-order valence-electron chi connectivity index (χ2n) is 5.69. The van der Waals surface area contributed by atoms with Gasteiger partial charge in [0.1, 0.15) is 11.9 Å². The number of carbonyl (C=O) groups excluding carboxylic acids is 1. The van der Waals surface area contributed by atoms with Crippen molar-refractivity contribution in [3.63, 3.8) is 0 Å². The molecule has 2 N–H and O–H groups in total. The monoisotopic (exact) mass is 259 g/mol. The van der Waals surface area contributed by atoms with Crippen LogP contribution in [0.5, 0.6) is 0 Å². The molecule has 0 bridgehead atoms. The quantitative estimate of drug-likeness (QED) is 0.907. The van der Waals surface area contributed by atoms with Crippen molar-refractivity contribution in [1.29, 1.82) is 0 Å². The highest BCUT2D eigenvalue weighted by molar-refractivity contribution is 6.03. The Bertz CT molecular complexity index is 514. The van der Waals surface area contributed by atoms with Gasteiger partial charge in [0, 0.05) is 6.54 Å².